The fourth-order valence-electron chi connectivity index (χ4n) is 4.24. The molecule has 3 aromatic rings. The number of carbonyl (C=O) groups excluding carboxylic acids is 2. The van der Waals surface area contributed by atoms with E-state index >= 15 is 0 Å². The van der Waals surface area contributed by atoms with E-state index in [1.165, 1.54) is 9.89 Å². The molecule has 5 rings (SSSR count). The molecule has 1 aromatic heterocycles. The van der Waals surface area contributed by atoms with Gasteiger partial charge in [-0.3, -0.25) is 9.59 Å². The summed E-state index contributed by atoms with van der Waals surface area (Å²) in [5, 5.41) is 9.54. The molecule has 2 amide bonds. The van der Waals surface area contributed by atoms with Gasteiger partial charge < -0.3 is 5.32 Å². The minimum Gasteiger partial charge on any atom is -0.322 e. The molecule has 1 N–H and O–H groups in total. The Bertz CT molecular complexity index is 1250. The van der Waals surface area contributed by atoms with Gasteiger partial charge in [-0.2, -0.15) is 10.1 Å². The number of carbonyl (C=O) groups is 2. The molecule has 6 nitrogen and oxygen atoms in total. The van der Waals surface area contributed by atoms with Crippen molar-refractivity contribution in [1.82, 2.24) is 0 Å². The fraction of sp³-hybridized carbons (Fsp3) is 0.231. The standard InChI is InChI=1S/C26H24N4O2S/c1-17-21(26(32)30(29-17)19-12-6-3-7-13-19)16-27-25-23(20-14-8-9-15-22(20)33-25)24(31)28-18-10-4-2-5-11-18/h2-7,10-13,16,21H,8-9,14-15H2,1H3,(H,28,31)/t21-/m1/s1. The van der Waals surface area contributed by atoms with E-state index in [1.54, 1.807) is 17.6 Å². The number of para-hydroxylation sites is 2. The monoisotopic (exact) mass is 456 g/mol. The molecule has 33 heavy (non-hydrogen) atoms. The Morgan fingerprint density at radius 3 is 2.55 bits per heavy atom. The molecule has 0 radical (unpaired) electrons. The molecular weight excluding hydrogens is 432 g/mol. The van der Waals surface area contributed by atoms with Crippen LogP contribution >= 0.6 is 11.3 Å². The van der Waals surface area contributed by atoms with Crippen LogP contribution in [-0.4, -0.2) is 23.7 Å². The summed E-state index contributed by atoms with van der Waals surface area (Å²) in [4.78, 5) is 32.2. The zero-order valence-electron chi connectivity index (χ0n) is 18.3. The average Bonchev–Trinajstić information content (AvgIpc) is 3.35. The highest BCUT2D eigenvalue weighted by Gasteiger charge is 2.33. The summed E-state index contributed by atoms with van der Waals surface area (Å²) in [6.45, 7) is 1.83. The smallest absolute Gasteiger partial charge is 0.261 e. The SMILES string of the molecule is CC1=NN(c2ccccc2)C(=O)[C@@H]1C=Nc1sc2c(c1C(=O)Nc1ccccc1)CCCC2. The number of aryl methyl sites for hydroxylation is 1. The van der Waals surface area contributed by atoms with Gasteiger partial charge in [0.2, 0.25) is 0 Å². The maximum absolute atomic E-state index is 13.3. The van der Waals surface area contributed by atoms with Crippen LogP contribution in [0, 0.1) is 5.92 Å². The number of fused-ring (bicyclic) bond motifs is 1. The van der Waals surface area contributed by atoms with E-state index in [-0.39, 0.29) is 11.8 Å². The van der Waals surface area contributed by atoms with Gasteiger partial charge in [0.15, 0.2) is 0 Å². The van der Waals surface area contributed by atoms with E-state index in [1.807, 2.05) is 67.6 Å². The molecule has 166 valence electrons. The van der Waals surface area contributed by atoms with E-state index in [9.17, 15) is 9.59 Å². The van der Waals surface area contributed by atoms with Gasteiger partial charge in [-0.15, -0.1) is 11.3 Å². The average molecular weight is 457 g/mol. The maximum atomic E-state index is 13.3. The topological polar surface area (TPSA) is 74.1 Å². The van der Waals surface area contributed by atoms with Gasteiger partial charge in [0.25, 0.3) is 11.8 Å². The molecule has 2 aliphatic rings. The summed E-state index contributed by atoms with van der Waals surface area (Å²) in [7, 11) is 0. The molecule has 1 aliphatic heterocycles. The van der Waals surface area contributed by atoms with Gasteiger partial charge in [-0.05, 0) is 62.4 Å². The molecule has 0 saturated carbocycles. The third kappa shape index (κ3) is 4.24. The predicted octanol–water partition coefficient (Wildman–Crippen LogP) is 5.62. The first-order valence-corrected chi connectivity index (χ1v) is 11.9. The highest BCUT2D eigenvalue weighted by atomic mass is 32.1. The largest absolute Gasteiger partial charge is 0.322 e. The lowest BCUT2D eigenvalue weighted by Crippen LogP contribution is -2.27. The van der Waals surface area contributed by atoms with Crippen LogP contribution in [0.2, 0.25) is 0 Å². The van der Waals surface area contributed by atoms with E-state index in [0.29, 0.717) is 16.3 Å². The third-order valence-corrected chi connectivity index (χ3v) is 7.14. The minimum absolute atomic E-state index is 0.140. The molecule has 0 bridgehead atoms. The molecule has 0 fully saturated rings. The Kier molecular flexibility index (Phi) is 5.88. The number of hydrazone groups is 1. The molecule has 1 atom stereocenters. The lowest BCUT2D eigenvalue weighted by Gasteiger charge is -2.13. The summed E-state index contributed by atoms with van der Waals surface area (Å²) in [5.41, 5.74) is 3.90. The van der Waals surface area contributed by atoms with Gasteiger partial charge in [-0.1, -0.05) is 36.4 Å². The van der Waals surface area contributed by atoms with Gasteiger partial charge in [0.1, 0.15) is 10.9 Å². The van der Waals surface area contributed by atoms with Gasteiger partial charge in [0, 0.05) is 16.8 Å². The van der Waals surface area contributed by atoms with E-state index in [2.05, 4.69) is 15.4 Å². The number of rotatable bonds is 5. The molecular formula is C26H24N4O2S. The minimum atomic E-state index is -0.547. The number of amides is 2. The van der Waals surface area contributed by atoms with Crippen LogP contribution in [0.1, 0.15) is 40.6 Å². The molecule has 2 aromatic carbocycles. The number of nitrogens with one attached hydrogen (secondary N) is 1. The summed E-state index contributed by atoms with van der Waals surface area (Å²) in [5.74, 6) is -0.838. The third-order valence-electron chi connectivity index (χ3n) is 5.94. The number of thiophene rings is 1. The van der Waals surface area contributed by atoms with Crippen molar-refractivity contribution < 1.29 is 9.59 Å². The highest BCUT2D eigenvalue weighted by molar-refractivity contribution is 7.16. The first-order chi connectivity index (χ1) is 16.1. The Balaban J connectivity index is 1.44. The maximum Gasteiger partial charge on any atom is 0.261 e. The van der Waals surface area contributed by atoms with Crippen LogP contribution in [0.5, 0.6) is 0 Å². The number of nitrogens with zero attached hydrogens (tertiary/aromatic N) is 3. The number of aliphatic imine (C=N–C) groups is 1. The first-order valence-electron chi connectivity index (χ1n) is 11.1. The summed E-state index contributed by atoms with van der Waals surface area (Å²) in [6, 6.07) is 18.8. The molecule has 0 saturated heterocycles. The van der Waals surface area contributed by atoms with Crippen LogP contribution in [0.3, 0.4) is 0 Å². The number of benzene rings is 2. The van der Waals surface area contributed by atoms with Crippen molar-refractivity contribution in [2.45, 2.75) is 32.6 Å². The fourth-order valence-corrected chi connectivity index (χ4v) is 5.48. The molecule has 2 heterocycles. The van der Waals surface area contributed by atoms with Crippen molar-refractivity contribution in [3.63, 3.8) is 0 Å². The number of hydrogen-bond acceptors (Lipinski definition) is 5. The predicted molar refractivity (Wildman–Crippen MR) is 134 cm³/mol. The van der Waals surface area contributed by atoms with Gasteiger partial charge >= 0.3 is 0 Å². The number of hydrogen-bond donors (Lipinski definition) is 1. The van der Waals surface area contributed by atoms with Crippen LogP contribution in [0.25, 0.3) is 0 Å². The van der Waals surface area contributed by atoms with Crippen molar-refractivity contribution in [1.29, 1.82) is 0 Å². The van der Waals surface area contributed by atoms with Crippen molar-refractivity contribution in [3.05, 3.63) is 76.7 Å². The van der Waals surface area contributed by atoms with Crippen LogP contribution in [-0.2, 0) is 17.6 Å². The van der Waals surface area contributed by atoms with E-state index < -0.39 is 5.92 Å². The second kappa shape index (κ2) is 9.11. The Labute approximate surface area is 196 Å². The van der Waals surface area contributed by atoms with Crippen molar-refractivity contribution >= 4 is 51.5 Å². The van der Waals surface area contributed by atoms with Crippen molar-refractivity contribution in [2.75, 3.05) is 10.3 Å². The lowest BCUT2D eigenvalue weighted by atomic mass is 9.95. The summed E-state index contributed by atoms with van der Waals surface area (Å²) >= 11 is 1.56. The van der Waals surface area contributed by atoms with Crippen LogP contribution in [0.15, 0.2) is 70.8 Å². The lowest BCUT2D eigenvalue weighted by molar-refractivity contribution is -0.118. The molecule has 7 heteroatoms. The number of anilines is 2. The molecule has 0 unspecified atom stereocenters. The Hall–Kier alpha value is -3.58. The van der Waals surface area contributed by atoms with Gasteiger partial charge in [0.05, 0.1) is 17.0 Å². The zero-order valence-corrected chi connectivity index (χ0v) is 19.1. The summed E-state index contributed by atoms with van der Waals surface area (Å²) in [6.07, 6.45) is 5.67. The van der Waals surface area contributed by atoms with E-state index in [4.69, 9.17) is 0 Å². The van der Waals surface area contributed by atoms with Crippen molar-refractivity contribution in [3.8, 4) is 0 Å². The second-order valence-corrected chi connectivity index (χ2v) is 9.28. The molecule has 1 aliphatic carbocycles. The molecule has 0 spiro atoms. The van der Waals surface area contributed by atoms with Crippen molar-refractivity contribution in [2.24, 2.45) is 16.0 Å². The second-order valence-electron chi connectivity index (χ2n) is 8.19. The van der Waals surface area contributed by atoms with Crippen LogP contribution in [0.4, 0.5) is 16.4 Å². The Morgan fingerprint density at radius 2 is 1.79 bits per heavy atom. The zero-order chi connectivity index (χ0) is 22.8. The first kappa shape index (κ1) is 21.3. The Morgan fingerprint density at radius 1 is 1.09 bits per heavy atom. The van der Waals surface area contributed by atoms with Gasteiger partial charge in [-0.25, -0.2) is 4.99 Å². The van der Waals surface area contributed by atoms with Crippen LogP contribution < -0.4 is 10.3 Å². The highest BCUT2D eigenvalue weighted by Crippen LogP contribution is 2.40. The normalized spacial score (nSPS) is 17.8. The van der Waals surface area contributed by atoms with E-state index in [0.717, 1.165) is 42.6 Å². The summed E-state index contributed by atoms with van der Waals surface area (Å²) < 4.78 is 0. The quantitative estimate of drug-likeness (QED) is 0.506.